The third kappa shape index (κ3) is 2.82. The van der Waals surface area contributed by atoms with Crippen LogP contribution in [-0.4, -0.2) is 11.5 Å². The van der Waals surface area contributed by atoms with E-state index in [-0.39, 0.29) is 0 Å². The SMILES string of the molecule is C#CCCCNCc1[nH]c2ccccc2c1Cl. The molecule has 0 bridgehead atoms. The molecule has 0 spiro atoms. The first-order chi connectivity index (χ1) is 8.33. The summed E-state index contributed by atoms with van der Waals surface area (Å²) in [5.74, 6) is 2.63. The second-order valence-electron chi connectivity index (χ2n) is 3.95. The van der Waals surface area contributed by atoms with E-state index in [1.54, 1.807) is 0 Å². The van der Waals surface area contributed by atoms with Gasteiger partial charge in [0.1, 0.15) is 0 Å². The van der Waals surface area contributed by atoms with Crippen LogP contribution in [0.5, 0.6) is 0 Å². The number of nitrogens with one attached hydrogen (secondary N) is 2. The largest absolute Gasteiger partial charge is 0.356 e. The predicted molar refractivity (Wildman–Crippen MR) is 73.1 cm³/mol. The molecular formula is C14H15ClN2. The lowest BCUT2D eigenvalue weighted by atomic mass is 10.2. The van der Waals surface area contributed by atoms with Crippen LogP contribution in [0.2, 0.25) is 5.02 Å². The zero-order chi connectivity index (χ0) is 12.1. The van der Waals surface area contributed by atoms with Gasteiger partial charge in [-0.3, -0.25) is 0 Å². The molecule has 88 valence electrons. The van der Waals surface area contributed by atoms with E-state index >= 15 is 0 Å². The molecule has 2 rings (SSSR count). The maximum absolute atomic E-state index is 6.29. The summed E-state index contributed by atoms with van der Waals surface area (Å²) in [4.78, 5) is 3.32. The number of aromatic amines is 1. The number of aromatic nitrogens is 1. The molecule has 2 N–H and O–H groups in total. The van der Waals surface area contributed by atoms with Gasteiger partial charge in [-0.15, -0.1) is 12.3 Å². The van der Waals surface area contributed by atoms with Crippen LogP contribution in [0.25, 0.3) is 10.9 Å². The van der Waals surface area contributed by atoms with Crippen molar-refractivity contribution in [2.75, 3.05) is 6.54 Å². The van der Waals surface area contributed by atoms with Gasteiger partial charge in [-0.25, -0.2) is 0 Å². The van der Waals surface area contributed by atoms with Crippen LogP contribution < -0.4 is 5.32 Å². The molecule has 0 saturated heterocycles. The highest BCUT2D eigenvalue weighted by Crippen LogP contribution is 2.26. The molecule has 1 aromatic carbocycles. The summed E-state index contributed by atoms with van der Waals surface area (Å²) in [6.07, 6.45) is 7.00. The maximum atomic E-state index is 6.29. The minimum atomic E-state index is 0.748. The lowest BCUT2D eigenvalue weighted by molar-refractivity contribution is 0.652. The van der Waals surface area contributed by atoms with Gasteiger partial charge < -0.3 is 10.3 Å². The van der Waals surface area contributed by atoms with Crippen LogP contribution in [0.4, 0.5) is 0 Å². The molecule has 0 unspecified atom stereocenters. The summed E-state index contributed by atoms with van der Waals surface area (Å²) in [6.45, 7) is 1.66. The Kier molecular flexibility index (Phi) is 4.08. The number of hydrogen-bond acceptors (Lipinski definition) is 1. The van der Waals surface area contributed by atoms with Gasteiger partial charge in [0.15, 0.2) is 0 Å². The predicted octanol–water partition coefficient (Wildman–Crippen LogP) is 3.32. The minimum Gasteiger partial charge on any atom is -0.356 e. The molecule has 2 nitrogen and oxygen atoms in total. The van der Waals surface area contributed by atoms with Crippen molar-refractivity contribution in [3.63, 3.8) is 0 Å². The number of fused-ring (bicyclic) bond motifs is 1. The van der Waals surface area contributed by atoms with Crippen molar-refractivity contribution < 1.29 is 0 Å². The molecule has 0 aliphatic rings. The summed E-state index contributed by atoms with van der Waals surface area (Å²) in [7, 11) is 0. The molecule has 0 aliphatic carbocycles. The summed E-state index contributed by atoms with van der Waals surface area (Å²) in [5.41, 5.74) is 2.12. The number of benzene rings is 1. The van der Waals surface area contributed by atoms with E-state index in [1.807, 2.05) is 24.3 Å². The Hall–Kier alpha value is -1.43. The first-order valence-electron chi connectivity index (χ1n) is 5.72. The summed E-state index contributed by atoms with van der Waals surface area (Å²) in [6, 6.07) is 8.05. The maximum Gasteiger partial charge on any atom is 0.0705 e. The Morgan fingerprint density at radius 1 is 1.35 bits per heavy atom. The normalized spacial score (nSPS) is 10.6. The Morgan fingerprint density at radius 3 is 2.94 bits per heavy atom. The number of para-hydroxylation sites is 1. The third-order valence-electron chi connectivity index (χ3n) is 2.69. The number of rotatable bonds is 5. The third-order valence-corrected chi connectivity index (χ3v) is 3.12. The second kappa shape index (κ2) is 5.77. The Balaban J connectivity index is 1.99. The average Bonchev–Trinajstić information content (AvgIpc) is 2.67. The smallest absolute Gasteiger partial charge is 0.0705 e. The number of hydrogen-bond donors (Lipinski definition) is 2. The van der Waals surface area contributed by atoms with Gasteiger partial charge in [0, 0.05) is 29.6 Å². The monoisotopic (exact) mass is 246 g/mol. The molecular weight excluding hydrogens is 232 g/mol. The minimum absolute atomic E-state index is 0.748. The highest BCUT2D eigenvalue weighted by Gasteiger charge is 2.07. The number of H-pyrrole nitrogens is 1. The number of halogens is 1. The van der Waals surface area contributed by atoms with Crippen LogP contribution >= 0.6 is 11.6 Å². The van der Waals surface area contributed by atoms with Crippen molar-refractivity contribution in [3.05, 3.63) is 35.0 Å². The number of terminal acetylenes is 1. The quantitative estimate of drug-likeness (QED) is 0.615. The molecule has 0 amide bonds. The van der Waals surface area contributed by atoms with Crippen LogP contribution in [0, 0.1) is 12.3 Å². The molecule has 17 heavy (non-hydrogen) atoms. The lowest BCUT2D eigenvalue weighted by Crippen LogP contribution is -2.14. The Morgan fingerprint density at radius 2 is 2.18 bits per heavy atom. The molecule has 0 saturated carbocycles. The summed E-state index contributed by atoms with van der Waals surface area (Å²) in [5, 5.41) is 5.22. The van der Waals surface area contributed by atoms with E-state index in [0.717, 1.165) is 47.6 Å². The van der Waals surface area contributed by atoms with Gasteiger partial charge in [-0.1, -0.05) is 29.8 Å². The van der Waals surface area contributed by atoms with Crippen LogP contribution in [-0.2, 0) is 6.54 Å². The van der Waals surface area contributed by atoms with Gasteiger partial charge >= 0.3 is 0 Å². The second-order valence-corrected chi connectivity index (χ2v) is 4.33. The fraction of sp³-hybridized carbons (Fsp3) is 0.286. The van der Waals surface area contributed by atoms with Crippen LogP contribution in [0.3, 0.4) is 0 Å². The van der Waals surface area contributed by atoms with Crippen LogP contribution in [0.15, 0.2) is 24.3 Å². The zero-order valence-electron chi connectivity index (χ0n) is 9.59. The van der Waals surface area contributed by atoms with Gasteiger partial charge in [0.05, 0.1) is 5.02 Å². The van der Waals surface area contributed by atoms with E-state index in [4.69, 9.17) is 18.0 Å². The Labute approximate surface area is 106 Å². The van der Waals surface area contributed by atoms with E-state index in [0.29, 0.717) is 0 Å². The first kappa shape index (κ1) is 12.0. The fourth-order valence-corrected chi connectivity index (χ4v) is 2.09. The van der Waals surface area contributed by atoms with Gasteiger partial charge in [0.2, 0.25) is 0 Å². The van der Waals surface area contributed by atoms with Gasteiger partial charge in [0.25, 0.3) is 0 Å². The highest BCUT2D eigenvalue weighted by molar-refractivity contribution is 6.36. The van der Waals surface area contributed by atoms with Crippen molar-refractivity contribution in [2.45, 2.75) is 19.4 Å². The van der Waals surface area contributed by atoms with Crippen molar-refractivity contribution in [1.82, 2.24) is 10.3 Å². The van der Waals surface area contributed by atoms with E-state index in [1.165, 1.54) is 0 Å². The molecule has 0 radical (unpaired) electrons. The van der Waals surface area contributed by atoms with Crippen molar-refractivity contribution in [3.8, 4) is 12.3 Å². The topological polar surface area (TPSA) is 27.8 Å². The summed E-state index contributed by atoms with van der Waals surface area (Å²) < 4.78 is 0. The van der Waals surface area contributed by atoms with E-state index in [9.17, 15) is 0 Å². The summed E-state index contributed by atoms with van der Waals surface area (Å²) >= 11 is 6.29. The zero-order valence-corrected chi connectivity index (χ0v) is 10.3. The molecule has 3 heteroatoms. The van der Waals surface area contributed by atoms with Crippen LogP contribution in [0.1, 0.15) is 18.5 Å². The van der Waals surface area contributed by atoms with Crippen molar-refractivity contribution in [1.29, 1.82) is 0 Å². The number of unbranched alkanes of at least 4 members (excludes halogenated alkanes) is 1. The molecule has 1 heterocycles. The Bertz CT molecular complexity index is 537. The fourth-order valence-electron chi connectivity index (χ4n) is 1.81. The molecule has 0 fully saturated rings. The lowest BCUT2D eigenvalue weighted by Gasteiger charge is -2.01. The molecule has 2 aromatic rings. The van der Waals surface area contributed by atoms with E-state index < -0.39 is 0 Å². The highest BCUT2D eigenvalue weighted by atomic mass is 35.5. The first-order valence-corrected chi connectivity index (χ1v) is 6.10. The van der Waals surface area contributed by atoms with E-state index in [2.05, 4.69) is 16.2 Å². The van der Waals surface area contributed by atoms with Gasteiger partial charge in [-0.05, 0) is 19.0 Å². The van der Waals surface area contributed by atoms with Crippen molar-refractivity contribution >= 4 is 22.5 Å². The molecule has 1 aromatic heterocycles. The van der Waals surface area contributed by atoms with Gasteiger partial charge in [-0.2, -0.15) is 0 Å². The molecule has 0 atom stereocenters. The van der Waals surface area contributed by atoms with Crippen molar-refractivity contribution in [2.24, 2.45) is 0 Å². The standard InChI is InChI=1S/C14H15ClN2/c1-2-3-6-9-16-10-13-14(15)11-7-4-5-8-12(11)17-13/h1,4-5,7-8,16-17H,3,6,9-10H2. The molecule has 0 aliphatic heterocycles. The average molecular weight is 247 g/mol.